The lowest BCUT2D eigenvalue weighted by Crippen LogP contribution is -2.18. The Morgan fingerprint density at radius 3 is 2.17 bits per heavy atom. The molecular weight excluding hydrogens is 434 g/mol. The van der Waals surface area contributed by atoms with Gasteiger partial charge in [0.05, 0.1) is 11.3 Å². The van der Waals surface area contributed by atoms with Crippen LogP contribution in [0.1, 0.15) is 36.6 Å². The number of aryl methyl sites for hydroxylation is 1. The van der Waals surface area contributed by atoms with Gasteiger partial charge in [0.15, 0.2) is 12.4 Å². The fraction of sp³-hybridized carbons (Fsp3) is 0.0870. The summed E-state index contributed by atoms with van der Waals surface area (Å²) in [5.74, 6) is -1.33. The van der Waals surface area contributed by atoms with Gasteiger partial charge in [0, 0.05) is 15.6 Å². The number of hydrogen-bond acceptors (Lipinski definition) is 4. The number of ketones is 1. The summed E-state index contributed by atoms with van der Waals surface area (Å²) in [6, 6.07) is 20.4. The molecule has 0 aromatic heterocycles. The van der Waals surface area contributed by atoms with Gasteiger partial charge in [-0.15, -0.1) is 0 Å². The van der Waals surface area contributed by atoms with Crippen molar-refractivity contribution < 1.29 is 19.1 Å². The fourth-order valence-electron chi connectivity index (χ4n) is 2.60. The lowest BCUT2D eigenvalue weighted by molar-refractivity contribution is 0.0475. The average molecular weight is 452 g/mol. The molecule has 0 radical (unpaired) electrons. The van der Waals surface area contributed by atoms with Crippen molar-refractivity contribution in [3.05, 3.63) is 99.5 Å². The molecule has 0 aliphatic carbocycles. The van der Waals surface area contributed by atoms with Crippen LogP contribution in [0, 0.1) is 6.92 Å². The molecule has 5 nitrogen and oxygen atoms in total. The van der Waals surface area contributed by atoms with Crippen LogP contribution in [-0.4, -0.2) is 24.3 Å². The van der Waals surface area contributed by atoms with Crippen LogP contribution in [0.4, 0.5) is 5.69 Å². The molecule has 3 rings (SSSR count). The molecule has 146 valence electrons. The first kappa shape index (κ1) is 20.5. The number of para-hydroxylation sites is 1. The van der Waals surface area contributed by atoms with E-state index in [0.29, 0.717) is 16.8 Å². The van der Waals surface area contributed by atoms with E-state index in [-0.39, 0.29) is 23.9 Å². The number of hydrogen-bond donors (Lipinski definition) is 1. The Kier molecular flexibility index (Phi) is 6.57. The van der Waals surface area contributed by atoms with Gasteiger partial charge in [-0.25, -0.2) is 4.79 Å². The zero-order chi connectivity index (χ0) is 20.8. The lowest BCUT2D eigenvalue weighted by atomic mass is 10.1. The van der Waals surface area contributed by atoms with Crippen LogP contribution < -0.4 is 5.32 Å². The number of carbonyl (C=O) groups excluding carboxylic acids is 3. The van der Waals surface area contributed by atoms with Crippen LogP contribution in [-0.2, 0) is 4.74 Å². The second-order valence-electron chi connectivity index (χ2n) is 6.37. The predicted octanol–water partition coefficient (Wildman–Crippen LogP) is 5.05. The molecule has 0 heterocycles. The van der Waals surface area contributed by atoms with Crippen molar-refractivity contribution in [1.29, 1.82) is 0 Å². The highest BCUT2D eigenvalue weighted by Crippen LogP contribution is 2.18. The number of rotatable bonds is 6. The van der Waals surface area contributed by atoms with Gasteiger partial charge in [0.25, 0.3) is 5.91 Å². The van der Waals surface area contributed by atoms with E-state index in [9.17, 15) is 14.4 Å². The molecule has 0 bridgehead atoms. The maximum atomic E-state index is 12.5. The van der Waals surface area contributed by atoms with Crippen molar-refractivity contribution in [3.8, 4) is 0 Å². The Bertz CT molecular complexity index is 1040. The number of anilines is 1. The lowest BCUT2D eigenvalue weighted by Gasteiger charge is -2.11. The summed E-state index contributed by atoms with van der Waals surface area (Å²) in [5, 5.41) is 2.71. The molecule has 1 N–H and O–H groups in total. The smallest absolute Gasteiger partial charge is 0.340 e. The highest BCUT2D eigenvalue weighted by molar-refractivity contribution is 9.10. The van der Waals surface area contributed by atoms with Gasteiger partial charge >= 0.3 is 5.97 Å². The summed E-state index contributed by atoms with van der Waals surface area (Å²) < 4.78 is 6.03. The second kappa shape index (κ2) is 9.30. The zero-order valence-corrected chi connectivity index (χ0v) is 17.2. The summed E-state index contributed by atoms with van der Waals surface area (Å²) in [6.45, 7) is 1.55. The summed E-state index contributed by atoms with van der Waals surface area (Å²) >= 11 is 3.32. The minimum absolute atomic E-state index is 0.176. The highest BCUT2D eigenvalue weighted by Gasteiger charge is 2.17. The third kappa shape index (κ3) is 5.39. The van der Waals surface area contributed by atoms with Crippen molar-refractivity contribution in [3.63, 3.8) is 0 Å². The first-order valence-corrected chi connectivity index (χ1v) is 9.66. The molecule has 29 heavy (non-hydrogen) atoms. The first-order valence-electron chi connectivity index (χ1n) is 8.87. The third-order valence-corrected chi connectivity index (χ3v) is 4.74. The van der Waals surface area contributed by atoms with E-state index < -0.39 is 5.97 Å². The molecule has 0 atom stereocenters. The van der Waals surface area contributed by atoms with E-state index in [1.165, 1.54) is 6.07 Å². The zero-order valence-electron chi connectivity index (χ0n) is 15.6. The number of nitrogens with one attached hydrogen (secondary N) is 1. The van der Waals surface area contributed by atoms with Crippen LogP contribution in [0.25, 0.3) is 0 Å². The molecule has 3 aromatic rings. The van der Waals surface area contributed by atoms with Gasteiger partial charge in [0.1, 0.15) is 0 Å². The van der Waals surface area contributed by atoms with E-state index in [0.717, 1.165) is 10.0 Å². The molecule has 0 saturated heterocycles. The Morgan fingerprint density at radius 1 is 0.862 bits per heavy atom. The van der Waals surface area contributed by atoms with Crippen LogP contribution in [0.3, 0.4) is 0 Å². The van der Waals surface area contributed by atoms with Crippen molar-refractivity contribution in [2.24, 2.45) is 0 Å². The number of carbonyl (C=O) groups is 3. The van der Waals surface area contributed by atoms with Crippen LogP contribution >= 0.6 is 15.9 Å². The number of esters is 1. The molecule has 0 spiro atoms. The number of halogens is 1. The molecule has 6 heteroatoms. The maximum absolute atomic E-state index is 12.5. The Balaban J connectivity index is 1.68. The number of benzene rings is 3. The van der Waals surface area contributed by atoms with Gasteiger partial charge < -0.3 is 10.1 Å². The van der Waals surface area contributed by atoms with Crippen LogP contribution in [0.15, 0.2) is 77.3 Å². The van der Waals surface area contributed by atoms with E-state index in [1.54, 1.807) is 54.6 Å². The van der Waals surface area contributed by atoms with Gasteiger partial charge in [-0.05, 0) is 43.3 Å². The Hall–Kier alpha value is -3.25. The topological polar surface area (TPSA) is 72.5 Å². The van der Waals surface area contributed by atoms with E-state index >= 15 is 0 Å². The van der Waals surface area contributed by atoms with Gasteiger partial charge in [-0.1, -0.05) is 57.9 Å². The minimum Gasteiger partial charge on any atom is -0.454 e. The summed E-state index contributed by atoms with van der Waals surface area (Å²) in [4.78, 5) is 37.1. The fourth-order valence-corrected chi connectivity index (χ4v) is 2.86. The molecule has 0 saturated carbocycles. The average Bonchev–Trinajstić information content (AvgIpc) is 2.73. The quantitative estimate of drug-likeness (QED) is 0.420. The monoisotopic (exact) mass is 451 g/mol. The largest absolute Gasteiger partial charge is 0.454 e. The second-order valence-corrected chi connectivity index (χ2v) is 7.29. The summed E-state index contributed by atoms with van der Waals surface area (Å²) in [7, 11) is 0. The molecule has 3 aromatic carbocycles. The van der Waals surface area contributed by atoms with Gasteiger partial charge in [0.2, 0.25) is 0 Å². The molecule has 1 amide bonds. The first-order chi connectivity index (χ1) is 13.9. The van der Waals surface area contributed by atoms with Crippen molar-refractivity contribution in [2.45, 2.75) is 6.92 Å². The number of ether oxygens (including phenoxy) is 1. The highest BCUT2D eigenvalue weighted by atomic mass is 79.9. The van der Waals surface area contributed by atoms with E-state index in [2.05, 4.69) is 21.2 Å². The Labute approximate surface area is 176 Å². The van der Waals surface area contributed by atoms with E-state index in [1.807, 2.05) is 19.1 Å². The van der Waals surface area contributed by atoms with Crippen LogP contribution in [0.2, 0.25) is 0 Å². The SMILES string of the molecule is Cc1ccc(C(=O)COC(=O)c2ccccc2NC(=O)c2ccc(Br)cc2)cc1. The van der Waals surface area contributed by atoms with Gasteiger partial charge in [-0.3, -0.25) is 9.59 Å². The molecule has 0 aliphatic rings. The predicted molar refractivity (Wildman–Crippen MR) is 114 cm³/mol. The maximum Gasteiger partial charge on any atom is 0.340 e. The normalized spacial score (nSPS) is 10.3. The van der Waals surface area contributed by atoms with Crippen molar-refractivity contribution in [1.82, 2.24) is 0 Å². The van der Waals surface area contributed by atoms with Gasteiger partial charge in [-0.2, -0.15) is 0 Å². The molecule has 0 aliphatic heterocycles. The number of Topliss-reactive ketones (excluding diaryl/α,β-unsaturated/α-hetero) is 1. The van der Waals surface area contributed by atoms with Crippen molar-refractivity contribution >= 4 is 39.3 Å². The molecule has 0 unspecified atom stereocenters. The molecular formula is C23H18BrNO4. The van der Waals surface area contributed by atoms with E-state index in [4.69, 9.17) is 4.74 Å². The van der Waals surface area contributed by atoms with Crippen LogP contribution in [0.5, 0.6) is 0 Å². The summed E-state index contributed by atoms with van der Waals surface area (Å²) in [6.07, 6.45) is 0. The van der Waals surface area contributed by atoms with Crippen molar-refractivity contribution in [2.75, 3.05) is 11.9 Å². The number of amides is 1. The minimum atomic E-state index is -0.683. The Morgan fingerprint density at radius 2 is 1.48 bits per heavy atom. The standard InChI is InChI=1S/C23H18BrNO4/c1-15-6-8-16(9-7-15)21(26)14-29-23(28)19-4-2-3-5-20(19)25-22(27)17-10-12-18(24)13-11-17/h2-13H,14H2,1H3,(H,25,27). The summed E-state index contributed by atoms with van der Waals surface area (Å²) in [5.41, 5.74) is 2.45. The third-order valence-electron chi connectivity index (χ3n) is 4.21. The molecule has 0 fully saturated rings.